The van der Waals surface area contributed by atoms with Crippen molar-refractivity contribution < 1.29 is 14.6 Å². The molecule has 2 saturated carbocycles. The number of epoxide rings is 1. The molecule has 1 N–H and O–H groups in total. The normalized spacial score (nSPS) is 57.8. The summed E-state index contributed by atoms with van der Waals surface area (Å²) in [5.74, 6) is 1.04. The highest BCUT2D eigenvalue weighted by Gasteiger charge is 2.76. The van der Waals surface area contributed by atoms with Gasteiger partial charge in [-0.1, -0.05) is 0 Å². The molecule has 0 aromatic rings. The third-order valence-corrected chi connectivity index (χ3v) is 4.16. The van der Waals surface area contributed by atoms with E-state index < -0.39 is 0 Å². The molecule has 3 fully saturated rings. The first-order valence-corrected chi connectivity index (χ1v) is 5.01. The third-order valence-electron chi connectivity index (χ3n) is 4.16. The quantitative estimate of drug-likeness (QED) is 0.627. The van der Waals surface area contributed by atoms with Gasteiger partial charge in [-0.05, 0) is 19.3 Å². The average molecular weight is 182 g/mol. The van der Waals surface area contributed by atoms with Crippen molar-refractivity contribution in [2.75, 3.05) is 6.61 Å². The van der Waals surface area contributed by atoms with Crippen LogP contribution in [0.4, 0.5) is 0 Å². The van der Waals surface area contributed by atoms with E-state index in [1.165, 1.54) is 0 Å². The van der Waals surface area contributed by atoms with Crippen molar-refractivity contribution in [1.82, 2.24) is 0 Å². The molecular weight excluding hydrogens is 168 g/mol. The fourth-order valence-corrected chi connectivity index (χ4v) is 3.31. The van der Waals surface area contributed by atoms with Gasteiger partial charge in [0.1, 0.15) is 5.78 Å². The second-order valence-corrected chi connectivity index (χ2v) is 4.60. The largest absolute Gasteiger partial charge is 0.395 e. The molecule has 3 heteroatoms. The van der Waals surface area contributed by atoms with Crippen molar-refractivity contribution in [2.24, 2.45) is 17.3 Å². The van der Waals surface area contributed by atoms with E-state index in [-0.39, 0.29) is 23.9 Å². The molecule has 72 valence electrons. The Labute approximate surface area is 77.1 Å². The Morgan fingerprint density at radius 2 is 2.38 bits per heavy atom. The summed E-state index contributed by atoms with van der Waals surface area (Å²) in [5.41, 5.74) is -0.366. The first kappa shape index (κ1) is 7.94. The predicted molar refractivity (Wildman–Crippen MR) is 45.1 cm³/mol. The van der Waals surface area contributed by atoms with Crippen molar-refractivity contribution in [3.63, 3.8) is 0 Å². The number of carbonyl (C=O) groups is 1. The number of ketones is 1. The first-order valence-electron chi connectivity index (χ1n) is 5.01. The third kappa shape index (κ3) is 0.754. The summed E-state index contributed by atoms with van der Waals surface area (Å²) in [5, 5.41) is 9.29. The molecule has 1 heterocycles. The van der Waals surface area contributed by atoms with Crippen molar-refractivity contribution >= 4 is 5.78 Å². The Morgan fingerprint density at radius 3 is 2.85 bits per heavy atom. The summed E-state index contributed by atoms with van der Waals surface area (Å²) in [6.45, 7) is 2.07. The van der Waals surface area contributed by atoms with Crippen molar-refractivity contribution in [2.45, 2.75) is 32.0 Å². The van der Waals surface area contributed by atoms with Gasteiger partial charge in [0, 0.05) is 12.3 Å². The van der Waals surface area contributed by atoms with Gasteiger partial charge in [0.2, 0.25) is 0 Å². The first-order chi connectivity index (χ1) is 6.21. The molecule has 0 aromatic carbocycles. The van der Waals surface area contributed by atoms with Gasteiger partial charge >= 0.3 is 0 Å². The number of aliphatic hydroxyl groups excluding tert-OH is 1. The van der Waals surface area contributed by atoms with Gasteiger partial charge in [-0.15, -0.1) is 0 Å². The predicted octanol–water partition coefficient (Wildman–Crippen LogP) is 0.361. The minimum Gasteiger partial charge on any atom is -0.395 e. The molecule has 0 amide bonds. The molecule has 5 atom stereocenters. The number of rotatable bonds is 2. The van der Waals surface area contributed by atoms with Gasteiger partial charge in [-0.25, -0.2) is 0 Å². The van der Waals surface area contributed by atoms with E-state index in [0.717, 1.165) is 6.42 Å². The zero-order valence-electron chi connectivity index (χ0n) is 7.69. The summed E-state index contributed by atoms with van der Waals surface area (Å²) in [7, 11) is 0. The number of hydrogen-bond acceptors (Lipinski definition) is 3. The van der Waals surface area contributed by atoms with Gasteiger partial charge in [0.05, 0.1) is 24.2 Å². The molecule has 3 nitrogen and oxygen atoms in total. The molecule has 0 spiro atoms. The Balaban J connectivity index is 1.84. The minimum atomic E-state index is -0.366. The van der Waals surface area contributed by atoms with Crippen LogP contribution in [0.2, 0.25) is 0 Å². The van der Waals surface area contributed by atoms with Gasteiger partial charge in [-0.3, -0.25) is 4.79 Å². The number of carbonyl (C=O) groups excluding carboxylic acids is 1. The molecule has 0 radical (unpaired) electrons. The molecule has 1 saturated heterocycles. The van der Waals surface area contributed by atoms with Crippen LogP contribution in [0.3, 0.4) is 0 Å². The van der Waals surface area contributed by atoms with Crippen molar-refractivity contribution in [3.8, 4) is 0 Å². The highest BCUT2D eigenvalue weighted by molar-refractivity contribution is 5.92. The Morgan fingerprint density at radius 1 is 1.69 bits per heavy atom. The highest BCUT2D eigenvalue weighted by Crippen LogP contribution is 2.70. The number of ether oxygens (including phenoxy) is 1. The maximum absolute atomic E-state index is 11.6. The van der Waals surface area contributed by atoms with E-state index in [1.807, 2.05) is 6.92 Å². The molecule has 0 bridgehead atoms. The number of aliphatic hydroxyl groups is 1. The molecule has 1 aliphatic heterocycles. The molecule has 0 aromatic heterocycles. The lowest BCUT2D eigenvalue weighted by Crippen LogP contribution is -2.22. The van der Waals surface area contributed by atoms with E-state index in [2.05, 4.69) is 0 Å². The van der Waals surface area contributed by atoms with Crippen LogP contribution >= 0.6 is 0 Å². The van der Waals surface area contributed by atoms with E-state index in [0.29, 0.717) is 24.4 Å². The molecular formula is C10H14O3. The van der Waals surface area contributed by atoms with Crippen LogP contribution < -0.4 is 0 Å². The summed E-state index contributed by atoms with van der Waals surface area (Å²) < 4.78 is 5.39. The van der Waals surface area contributed by atoms with Gasteiger partial charge in [0.15, 0.2) is 0 Å². The summed E-state index contributed by atoms with van der Waals surface area (Å²) in [6.07, 6.45) is 2.22. The SMILES string of the molecule is C[C@H]1O[C@H]1[C@@H]1[C@H]2CCC(=O)[C@@]12CO. The Bertz CT molecular complexity index is 275. The fraction of sp³-hybridized carbons (Fsp3) is 0.900. The van der Waals surface area contributed by atoms with Crippen molar-refractivity contribution in [3.05, 3.63) is 0 Å². The van der Waals surface area contributed by atoms with Crippen molar-refractivity contribution in [1.29, 1.82) is 0 Å². The van der Waals surface area contributed by atoms with Crippen LogP contribution in [0.25, 0.3) is 0 Å². The maximum atomic E-state index is 11.6. The lowest BCUT2D eigenvalue weighted by atomic mass is 9.97. The van der Waals surface area contributed by atoms with E-state index in [4.69, 9.17) is 4.74 Å². The summed E-state index contributed by atoms with van der Waals surface area (Å²) in [6, 6.07) is 0. The number of Topliss-reactive ketones (excluding diaryl/α,β-unsaturated/α-hetero) is 1. The summed E-state index contributed by atoms with van der Waals surface area (Å²) in [4.78, 5) is 11.6. The second kappa shape index (κ2) is 2.15. The van der Waals surface area contributed by atoms with Gasteiger partial charge in [0.25, 0.3) is 0 Å². The van der Waals surface area contributed by atoms with Crippen LogP contribution in [0.1, 0.15) is 19.8 Å². The van der Waals surface area contributed by atoms with Gasteiger partial charge < -0.3 is 9.84 Å². The second-order valence-electron chi connectivity index (χ2n) is 4.60. The zero-order chi connectivity index (χ0) is 9.22. The molecule has 3 aliphatic rings. The lowest BCUT2D eigenvalue weighted by molar-refractivity contribution is -0.124. The standard InChI is InChI=1S/C10H14O3/c1-5-9(13-5)8-6-2-3-7(12)10(6,8)4-11/h5-6,8-9,11H,2-4H2,1H3/t5-,6-,8+,9-,10+/m1/s1. The number of hydrogen-bond donors (Lipinski definition) is 1. The topological polar surface area (TPSA) is 49.8 Å². The smallest absolute Gasteiger partial charge is 0.142 e. The highest BCUT2D eigenvalue weighted by atomic mass is 16.6. The number of fused-ring (bicyclic) bond motifs is 1. The van der Waals surface area contributed by atoms with Crippen LogP contribution in [0.5, 0.6) is 0 Å². The maximum Gasteiger partial charge on any atom is 0.142 e. The molecule has 2 aliphatic carbocycles. The summed E-state index contributed by atoms with van der Waals surface area (Å²) >= 11 is 0. The average Bonchev–Trinajstić information content (AvgIpc) is 2.94. The molecule has 3 rings (SSSR count). The van der Waals surface area contributed by atoms with Crippen LogP contribution in [0.15, 0.2) is 0 Å². The fourth-order valence-electron chi connectivity index (χ4n) is 3.31. The Hall–Kier alpha value is -0.410. The van der Waals surface area contributed by atoms with E-state index >= 15 is 0 Å². The van der Waals surface area contributed by atoms with Crippen LogP contribution in [-0.4, -0.2) is 29.7 Å². The van der Waals surface area contributed by atoms with E-state index in [1.54, 1.807) is 0 Å². The van der Waals surface area contributed by atoms with Crippen LogP contribution in [-0.2, 0) is 9.53 Å². The lowest BCUT2D eigenvalue weighted by Gasteiger charge is -2.08. The van der Waals surface area contributed by atoms with Gasteiger partial charge in [-0.2, -0.15) is 0 Å². The Kier molecular flexibility index (Phi) is 1.31. The van der Waals surface area contributed by atoms with Crippen LogP contribution in [0, 0.1) is 17.3 Å². The monoisotopic (exact) mass is 182 g/mol. The zero-order valence-corrected chi connectivity index (χ0v) is 7.69. The van der Waals surface area contributed by atoms with E-state index in [9.17, 15) is 9.90 Å². The minimum absolute atomic E-state index is 0.0355. The molecule has 13 heavy (non-hydrogen) atoms. The molecule has 0 unspecified atom stereocenters.